The highest BCUT2D eigenvalue weighted by Crippen LogP contribution is 2.41. The fourth-order valence-electron chi connectivity index (χ4n) is 16.0. The number of rotatable bonds is 31. The van der Waals surface area contributed by atoms with Crippen molar-refractivity contribution in [1.82, 2.24) is 103 Å². The van der Waals surface area contributed by atoms with E-state index in [0.717, 1.165) is 219 Å². The number of morpholine rings is 2. The van der Waals surface area contributed by atoms with E-state index in [4.69, 9.17) is 25.2 Å². The third-order valence-electron chi connectivity index (χ3n) is 22.1. The number of aromatic nitrogens is 13. The Labute approximate surface area is 743 Å². The molecule has 0 bridgehead atoms. The van der Waals surface area contributed by atoms with Crippen LogP contribution in [0.2, 0.25) is 0 Å². The summed E-state index contributed by atoms with van der Waals surface area (Å²) in [7, 11) is 0. The quantitative estimate of drug-likeness (QED) is 0.00831. The lowest BCUT2D eigenvalue weighted by Crippen LogP contribution is -2.44. The summed E-state index contributed by atoms with van der Waals surface area (Å²) < 4.78 is 98.4. The number of alkyl halides is 9. The van der Waals surface area contributed by atoms with Crippen LogP contribution in [0.1, 0.15) is 166 Å². The van der Waals surface area contributed by atoms with Gasteiger partial charge in [-0.05, 0) is 145 Å². The third kappa shape index (κ3) is 29.5. The van der Waals surface area contributed by atoms with Gasteiger partial charge in [-0.3, -0.25) is 30.6 Å². The zero-order valence-corrected chi connectivity index (χ0v) is 75.0. The summed E-state index contributed by atoms with van der Waals surface area (Å²) in [5, 5.41) is 66.1. The Balaban J connectivity index is 0.000000184. The van der Waals surface area contributed by atoms with E-state index in [-0.39, 0.29) is 48.2 Å². The molecule has 5 aliphatic heterocycles. The van der Waals surface area contributed by atoms with Crippen molar-refractivity contribution < 1.29 is 49.0 Å². The molecule has 128 heavy (non-hydrogen) atoms. The largest absolute Gasteiger partial charge is 0.381 e. The van der Waals surface area contributed by atoms with Crippen molar-refractivity contribution in [1.29, 1.82) is 0 Å². The van der Waals surface area contributed by atoms with E-state index in [2.05, 4.69) is 267 Å². The first-order valence-electron chi connectivity index (χ1n) is 44.1. The molecule has 3 saturated heterocycles. The number of hydrazone groups is 2. The van der Waals surface area contributed by atoms with Crippen molar-refractivity contribution in [2.45, 2.75) is 197 Å². The Kier molecular flexibility index (Phi) is 41.2. The molecule has 2 aromatic carbocycles. The van der Waals surface area contributed by atoms with Gasteiger partial charge in [-0.2, -0.15) is 80.3 Å². The molecule has 0 saturated carbocycles. The standard InChI is InChI=1S/C23H31N7.C22H32N6O.C22H34N6O.C21H27N7.3CHF3/c1-5-7-16-14(3)21-18-13-26-29-19(18)11-20(30(9-6-2)10-8-24)23(21)27-22(16)17-12-25-28-15(17)4;1-4-6-16(5-2)22(18-12-23-24-13-18)26-20-9-17-11-25-27-19(17)10-21(20)28-7-8-29-15(3)14-28;1-3-4-5-6-7-21(20-15-24-25-16-20)23-10-8-19-14-26-27-22(19)9-11-28-12-13-29-18(2)17-28;1-3-5-15(4-2)21(17-13-23-24-14-17)26-19-10-16-12-25-27-18(16)11-20(19)28-8-6-22-7-9-28;3*2-1(3)4/h11-13H,5-10,24H2,1-4H3,(H,25,28)(H,26,29);5,9-13,15,17,19,22,26-27H,4,6-8,14H2,1-3H3,(H,23,24);6-11,14-16,18-19,21-23,27H,3-5,12-13,17H2,1-2H3,(H,24,25);4,10-14,22H,3,5-9H2,1-2H3,(H,23,24)(H,25,27);3*1H/b;16-5+;7-6+,10-8+,11-9+;15-4+,26-21?;;;/t;;18-,19?,21?,22?;;;;/m..1..../s1. The molecule has 12 heterocycles. The van der Waals surface area contributed by atoms with Crippen molar-refractivity contribution in [3.05, 3.63) is 191 Å². The van der Waals surface area contributed by atoms with E-state index in [0.29, 0.717) is 6.54 Å². The molecule has 0 spiro atoms. The number of aryl methyl sites for hydroxylation is 2. The maximum atomic E-state index is 9.67. The molecule has 0 amide bonds. The van der Waals surface area contributed by atoms with Gasteiger partial charge in [0.25, 0.3) is 0 Å². The Morgan fingerprint density at radius 2 is 1.38 bits per heavy atom. The van der Waals surface area contributed by atoms with Gasteiger partial charge in [0.15, 0.2) is 0 Å². The number of nitrogens with zero attached hydrogens (tertiary/aromatic N) is 14. The van der Waals surface area contributed by atoms with E-state index < -0.39 is 20.0 Å². The maximum Gasteiger partial charge on any atom is 0.379 e. The van der Waals surface area contributed by atoms with Crippen LogP contribution in [0, 0.1) is 25.7 Å². The average Bonchev–Trinajstić information content (AvgIpc) is 1.31. The minimum atomic E-state index is -3.67. The molecule has 1 aliphatic carbocycles. The Morgan fingerprint density at radius 1 is 0.688 bits per heavy atom. The van der Waals surface area contributed by atoms with Gasteiger partial charge in [0.05, 0.1) is 143 Å². The number of hydrogen-bond acceptors (Lipinski definition) is 22. The number of pyridine rings is 1. The number of hydrogen-bond donors (Lipinski definition) is 12. The third-order valence-corrected chi connectivity index (χ3v) is 22.1. The van der Waals surface area contributed by atoms with Crippen molar-refractivity contribution in [2.24, 2.45) is 32.8 Å². The predicted molar refractivity (Wildman–Crippen MR) is 492 cm³/mol. The number of anilines is 2. The number of nitrogens with two attached hydrogens (primary N) is 1. The number of aromatic amines is 6. The van der Waals surface area contributed by atoms with Crippen LogP contribution < -0.4 is 42.3 Å². The van der Waals surface area contributed by atoms with Crippen LogP contribution in [0.25, 0.3) is 44.0 Å². The first kappa shape index (κ1) is 100. The maximum absolute atomic E-state index is 9.67. The fourth-order valence-corrected chi connectivity index (χ4v) is 16.0. The second-order valence-corrected chi connectivity index (χ2v) is 31.4. The van der Waals surface area contributed by atoms with Crippen LogP contribution in [-0.2, 0) is 15.9 Å². The monoisotopic (exact) mass is 1790 g/mol. The molecule has 7 aromatic heterocycles. The summed E-state index contributed by atoms with van der Waals surface area (Å²) in [5.41, 5.74) is 33.7. The molecular weight excluding hydrogens is 1660 g/mol. The predicted octanol–water partition coefficient (Wildman–Crippen LogP) is 17.3. The number of benzene rings is 2. The molecule has 696 valence electrons. The molecule has 0 radical (unpaired) electrons. The molecule has 28 nitrogen and oxygen atoms in total. The first-order chi connectivity index (χ1) is 62.0. The van der Waals surface area contributed by atoms with E-state index >= 15 is 0 Å². The number of unbranched alkanes of at least 4 members (excludes halogenated alkanes) is 2. The van der Waals surface area contributed by atoms with Crippen LogP contribution in [0.3, 0.4) is 0 Å². The van der Waals surface area contributed by atoms with E-state index in [1.807, 2.05) is 74.4 Å². The summed E-state index contributed by atoms with van der Waals surface area (Å²) in [6.45, 7) is 24.2. The lowest BCUT2D eigenvalue weighted by Gasteiger charge is -2.39. The Hall–Kier alpha value is -11.6. The van der Waals surface area contributed by atoms with Gasteiger partial charge < -0.3 is 61.6 Å². The molecule has 37 heteroatoms. The smallest absolute Gasteiger partial charge is 0.379 e. The normalized spacial score (nSPS) is 19.3. The van der Waals surface area contributed by atoms with Crippen molar-refractivity contribution >= 4 is 67.9 Å². The number of allylic oxidation sites excluding steroid dienone is 4. The van der Waals surface area contributed by atoms with E-state index in [1.165, 1.54) is 46.2 Å². The average molecular weight is 1790 g/mol. The molecule has 6 aliphatic rings. The molecule has 3 fully saturated rings. The Morgan fingerprint density at radius 3 is 2.02 bits per heavy atom. The number of halogens is 9. The number of ether oxygens (including phenoxy) is 2. The summed E-state index contributed by atoms with van der Waals surface area (Å²) in [5.74, 6) is 0.483. The Bertz CT molecular complexity index is 5040. The molecule has 8 atom stereocenters. The molecule has 9 aromatic rings. The van der Waals surface area contributed by atoms with Gasteiger partial charge in [0.1, 0.15) is 0 Å². The SMILES string of the molecule is C/C=C(\CCC)C(=Nc1cc2cn[nH]c2cc1N1CCNCC1)c1cn[nH]c1.C/C=C(\CCC)C(NC1=CC2C=NNC2C=C1N1CCOC(C)C1)c1cn[nH]c1.CCCC/C=C/C(N/C=C/C1C=NNC1/C=C/N1CCO[C@H](C)C1)c1cn[nH]c1.CCCc1c(-c2cn[nH]c2C)nc2c(N(CCC)CCN)cc3[nH]ncc3c2c1C.FC(F)F.FC(F)F.FC(F)F. The minimum Gasteiger partial charge on any atom is -0.381 e. The number of H-pyrrole nitrogens is 6. The van der Waals surface area contributed by atoms with Gasteiger partial charge in [-0.1, -0.05) is 97.1 Å². The van der Waals surface area contributed by atoms with Gasteiger partial charge in [0.2, 0.25) is 0 Å². The van der Waals surface area contributed by atoms with Crippen LogP contribution in [0.15, 0.2) is 173 Å². The highest BCUT2D eigenvalue weighted by molar-refractivity contribution is 6.14. The molecule has 7 unspecified atom stereocenters. The lowest BCUT2D eigenvalue weighted by molar-refractivity contribution is -0.00562. The minimum absolute atomic E-state index is 0.0923. The van der Waals surface area contributed by atoms with Gasteiger partial charge in [-0.25, -0.2) is 9.98 Å². The van der Waals surface area contributed by atoms with Crippen LogP contribution in [0.5, 0.6) is 0 Å². The topological polar surface area (TPSA) is 340 Å². The van der Waals surface area contributed by atoms with Gasteiger partial charge in [-0.15, -0.1) is 0 Å². The van der Waals surface area contributed by atoms with Crippen molar-refractivity contribution in [3.63, 3.8) is 0 Å². The fraction of sp³-hybridized carbons (Fsp3) is 0.495. The zero-order chi connectivity index (χ0) is 91.9. The van der Waals surface area contributed by atoms with Crippen LogP contribution >= 0.6 is 0 Å². The molecule has 13 N–H and O–H groups in total. The highest BCUT2D eigenvalue weighted by atomic mass is 19.4. The second-order valence-electron chi connectivity index (χ2n) is 31.4. The summed E-state index contributed by atoms with van der Waals surface area (Å²) >= 11 is 0. The first-order valence-corrected chi connectivity index (χ1v) is 44.1. The molecule has 15 rings (SSSR count). The number of aliphatic imine (C=N–C) groups is 1. The summed E-state index contributed by atoms with van der Waals surface area (Å²) in [4.78, 5) is 20.0. The van der Waals surface area contributed by atoms with Crippen LogP contribution in [0.4, 0.5) is 56.6 Å². The van der Waals surface area contributed by atoms with Crippen molar-refractivity contribution in [2.75, 3.05) is 95.0 Å². The zero-order valence-electron chi connectivity index (χ0n) is 75.0. The number of piperazine rings is 1. The second kappa shape index (κ2) is 52.7. The summed E-state index contributed by atoms with van der Waals surface area (Å²) in [6, 6.07) is 7.07. The van der Waals surface area contributed by atoms with Crippen LogP contribution in [-0.4, -0.2) is 224 Å². The van der Waals surface area contributed by atoms with Gasteiger partial charge >= 0.3 is 20.0 Å². The van der Waals surface area contributed by atoms with E-state index in [9.17, 15) is 39.5 Å². The molecular formula is C91H127F9N26O2. The summed E-state index contributed by atoms with van der Waals surface area (Å²) in [6.07, 6.45) is 54.5. The van der Waals surface area contributed by atoms with E-state index in [1.54, 1.807) is 0 Å². The highest BCUT2D eigenvalue weighted by Gasteiger charge is 2.34. The number of nitrogens with one attached hydrogen (secondary N) is 11. The van der Waals surface area contributed by atoms with Gasteiger partial charge in [0, 0.05) is 159 Å². The van der Waals surface area contributed by atoms with Crippen molar-refractivity contribution in [3.8, 4) is 11.3 Å². The number of fused-ring (bicyclic) bond motifs is 5. The lowest BCUT2D eigenvalue weighted by atomic mass is 9.91.